The van der Waals surface area contributed by atoms with Crippen LogP contribution in [0.1, 0.15) is 15.9 Å². The Balaban J connectivity index is 2.11. The van der Waals surface area contributed by atoms with Gasteiger partial charge >= 0.3 is 0 Å². The zero-order valence-corrected chi connectivity index (χ0v) is 11.1. The number of hydrogen-bond acceptors (Lipinski definition) is 5. The molecule has 0 bridgehead atoms. The summed E-state index contributed by atoms with van der Waals surface area (Å²) >= 11 is 1.33. The fraction of sp³-hybridized carbons (Fsp3) is 0. The Hall–Kier alpha value is -2.51. The first-order valence-corrected chi connectivity index (χ1v) is 6.50. The van der Waals surface area contributed by atoms with Gasteiger partial charge in [0.1, 0.15) is 0 Å². The SMILES string of the molecule is O=C(/C=C/c1cccc(C(=O)Nc2nccs2)c1)NO. The molecule has 0 fully saturated rings. The lowest BCUT2D eigenvalue weighted by Gasteiger charge is -2.02. The number of carbonyl (C=O) groups is 2. The molecule has 2 rings (SSSR count). The van der Waals surface area contributed by atoms with Gasteiger partial charge in [-0.2, -0.15) is 0 Å². The van der Waals surface area contributed by atoms with Gasteiger partial charge in [-0.25, -0.2) is 10.5 Å². The number of carbonyl (C=O) groups excluding carboxylic acids is 2. The van der Waals surface area contributed by atoms with Crippen LogP contribution < -0.4 is 10.8 Å². The smallest absolute Gasteiger partial charge is 0.267 e. The van der Waals surface area contributed by atoms with Crippen molar-refractivity contribution >= 4 is 34.4 Å². The predicted octanol–water partition coefficient (Wildman–Crippen LogP) is 1.91. The zero-order valence-electron chi connectivity index (χ0n) is 10.2. The van der Waals surface area contributed by atoms with Crippen molar-refractivity contribution in [1.29, 1.82) is 0 Å². The van der Waals surface area contributed by atoms with Crippen molar-refractivity contribution in [2.24, 2.45) is 0 Å². The summed E-state index contributed by atoms with van der Waals surface area (Å²) in [6.07, 6.45) is 4.26. The lowest BCUT2D eigenvalue weighted by molar-refractivity contribution is -0.124. The average molecular weight is 289 g/mol. The lowest BCUT2D eigenvalue weighted by atomic mass is 10.1. The molecule has 2 aromatic rings. The van der Waals surface area contributed by atoms with Gasteiger partial charge in [0.25, 0.3) is 11.8 Å². The van der Waals surface area contributed by atoms with Crippen LogP contribution in [0, 0.1) is 0 Å². The second kappa shape index (κ2) is 6.60. The van der Waals surface area contributed by atoms with Crippen LogP contribution in [-0.4, -0.2) is 22.0 Å². The molecule has 0 saturated carbocycles. The number of hydroxylamine groups is 1. The molecule has 0 unspecified atom stereocenters. The monoisotopic (exact) mass is 289 g/mol. The van der Waals surface area contributed by atoms with Crippen LogP contribution in [0.25, 0.3) is 6.08 Å². The maximum absolute atomic E-state index is 12.0. The zero-order chi connectivity index (χ0) is 14.4. The molecule has 0 aliphatic rings. The molecule has 7 heteroatoms. The molecule has 102 valence electrons. The standard InChI is InChI=1S/C13H11N3O3S/c17-11(16-19)5-4-9-2-1-3-10(8-9)12(18)15-13-14-6-7-20-13/h1-8,19H,(H,16,17)(H,14,15,18)/b5-4+. The topological polar surface area (TPSA) is 91.3 Å². The molecule has 0 saturated heterocycles. The normalized spacial score (nSPS) is 10.4. The maximum atomic E-state index is 12.0. The Morgan fingerprint density at radius 2 is 2.20 bits per heavy atom. The second-order valence-electron chi connectivity index (χ2n) is 3.73. The average Bonchev–Trinajstić information content (AvgIpc) is 2.98. The van der Waals surface area contributed by atoms with Gasteiger partial charge in [0.2, 0.25) is 0 Å². The van der Waals surface area contributed by atoms with Crippen molar-refractivity contribution in [2.75, 3.05) is 5.32 Å². The molecule has 0 aliphatic carbocycles. The molecular weight excluding hydrogens is 278 g/mol. The molecule has 6 nitrogen and oxygen atoms in total. The van der Waals surface area contributed by atoms with E-state index in [0.29, 0.717) is 16.3 Å². The number of thiazole rings is 1. The Kier molecular flexibility index (Phi) is 4.59. The van der Waals surface area contributed by atoms with Crippen LogP contribution in [0.2, 0.25) is 0 Å². The van der Waals surface area contributed by atoms with Gasteiger partial charge in [0.15, 0.2) is 5.13 Å². The molecule has 1 aromatic carbocycles. The molecule has 1 heterocycles. The van der Waals surface area contributed by atoms with Gasteiger partial charge in [-0.3, -0.25) is 20.1 Å². The fourth-order valence-electron chi connectivity index (χ4n) is 1.45. The minimum atomic E-state index is -0.636. The van der Waals surface area contributed by atoms with Crippen molar-refractivity contribution in [1.82, 2.24) is 10.5 Å². The summed E-state index contributed by atoms with van der Waals surface area (Å²) < 4.78 is 0. The van der Waals surface area contributed by atoms with Crippen LogP contribution in [0.3, 0.4) is 0 Å². The van der Waals surface area contributed by atoms with Crippen molar-refractivity contribution in [3.8, 4) is 0 Å². The van der Waals surface area contributed by atoms with E-state index >= 15 is 0 Å². The third-order valence-electron chi connectivity index (χ3n) is 2.34. The van der Waals surface area contributed by atoms with E-state index in [0.717, 1.165) is 6.08 Å². The van der Waals surface area contributed by atoms with Gasteiger partial charge in [0.05, 0.1) is 0 Å². The molecule has 0 aliphatic heterocycles. The highest BCUT2D eigenvalue weighted by Crippen LogP contribution is 2.13. The van der Waals surface area contributed by atoms with E-state index in [9.17, 15) is 9.59 Å². The van der Waals surface area contributed by atoms with Gasteiger partial charge in [-0.05, 0) is 23.8 Å². The first kappa shape index (κ1) is 13.9. The molecule has 1 aromatic heterocycles. The molecule has 2 amide bonds. The third kappa shape index (κ3) is 3.74. The van der Waals surface area contributed by atoms with Crippen molar-refractivity contribution in [2.45, 2.75) is 0 Å². The van der Waals surface area contributed by atoms with Gasteiger partial charge < -0.3 is 0 Å². The molecular formula is C13H11N3O3S. The fourth-order valence-corrected chi connectivity index (χ4v) is 1.97. The van der Waals surface area contributed by atoms with E-state index in [1.807, 2.05) is 0 Å². The Morgan fingerprint density at radius 3 is 2.90 bits per heavy atom. The summed E-state index contributed by atoms with van der Waals surface area (Å²) in [5, 5.41) is 13.3. The highest BCUT2D eigenvalue weighted by atomic mass is 32.1. The minimum Gasteiger partial charge on any atom is -0.298 e. The number of aromatic nitrogens is 1. The van der Waals surface area contributed by atoms with E-state index in [-0.39, 0.29) is 5.91 Å². The molecule has 3 N–H and O–H groups in total. The highest BCUT2D eigenvalue weighted by Gasteiger charge is 2.07. The molecule has 0 radical (unpaired) electrons. The number of anilines is 1. The van der Waals surface area contributed by atoms with Crippen LogP contribution in [-0.2, 0) is 4.79 Å². The quantitative estimate of drug-likeness (QED) is 0.455. The Labute approximate surface area is 118 Å². The Bertz CT molecular complexity index is 638. The number of nitrogens with zero attached hydrogens (tertiary/aromatic N) is 1. The van der Waals surface area contributed by atoms with Gasteiger partial charge in [-0.1, -0.05) is 12.1 Å². The van der Waals surface area contributed by atoms with E-state index in [1.165, 1.54) is 22.9 Å². The molecule has 20 heavy (non-hydrogen) atoms. The number of nitrogens with one attached hydrogen (secondary N) is 2. The van der Waals surface area contributed by atoms with Crippen LogP contribution >= 0.6 is 11.3 Å². The summed E-state index contributed by atoms with van der Waals surface area (Å²) in [6, 6.07) is 6.73. The van der Waals surface area contributed by atoms with E-state index in [4.69, 9.17) is 5.21 Å². The number of hydrogen-bond donors (Lipinski definition) is 3. The summed E-state index contributed by atoms with van der Waals surface area (Å²) in [5.74, 6) is -0.913. The highest BCUT2D eigenvalue weighted by molar-refractivity contribution is 7.13. The van der Waals surface area contributed by atoms with E-state index in [1.54, 1.807) is 35.8 Å². The Morgan fingerprint density at radius 1 is 1.35 bits per heavy atom. The van der Waals surface area contributed by atoms with Crippen molar-refractivity contribution < 1.29 is 14.8 Å². The summed E-state index contributed by atoms with van der Waals surface area (Å²) in [7, 11) is 0. The van der Waals surface area contributed by atoms with E-state index in [2.05, 4.69) is 10.3 Å². The first-order chi connectivity index (χ1) is 9.69. The third-order valence-corrected chi connectivity index (χ3v) is 3.03. The van der Waals surface area contributed by atoms with Crippen molar-refractivity contribution in [3.05, 3.63) is 53.0 Å². The largest absolute Gasteiger partial charge is 0.298 e. The van der Waals surface area contributed by atoms with Crippen LogP contribution in [0.5, 0.6) is 0 Å². The van der Waals surface area contributed by atoms with Crippen molar-refractivity contribution in [3.63, 3.8) is 0 Å². The predicted molar refractivity (Wildman–Crippen MR) is 75.5 cm³/mol. The lowest BCUT2D eigenvalue weighted by Crippen LogP contribution is -2.14. The van der Waals surface area contributed by atoms with E-state index < -0.39 is 5.91 Å². The van der Waals surface area contributed by atoms with Crippen LogP contribution in [0.4, 0.5) is 5.13 Å². The molecule has 0 atom stereocenters. The first-order valence-electron chi connectivity index (χ1n) is 5.62. The number of amides is 2. The summed E-state index contributed by atoms with van der Waals surface area (Å²) in [4.78, 5) is 26.8. The summed E-state index contributed by atoms with van der Waals surface area (Å²) in [6.45, 7) is 0. The minimum absolute atomic E-state index is 0.276. The number of benzene rings is 1. The second-order valence-corrected chi connectivity index (χ2v) is 4.62. The molecule has 0 spiro atoms. The van der Waals surface area contributed by atoms with Gasteiger partial charge in [0, 0.05) is 23.2 Å². The van der Waals surface area contributed by atoms with Gasteiger partial charge in [-0.15, -0.1) is 11.3 Å². The number of rotatable bonds is 4. The van der Waals surface area contributed by atoms with Crippen LogP contribution in [0.15, 0.2) is 41.9 Å². The summed E-state index contributed by atoms with van der Waals surface area (Å²) in [5.41, 5.74) is 2.61. The maximum Gasteiger partial charge on any atom is 0.267 e.